The minimum absolute atomic E-state index is 0.236. The Morgan fingerprint density at radius 2 is 2.28 bits per heavy atom. The topological polar surface area (TPSA) is 24.4 Å². The number of amidine groups is 1. The van der Waals surface area contributed by atoms with Gasteiger partial charge in [0.1, 0.15) is 5.82 Å². The van der Waals surface area contributed by atoms with Crippen molar-refractivity contribution in [1.29, 1.82) is 0 Å². The summed E-state index contributed by atoms with van der Waals surface area (Å²) in [6, 6.07) is 2.38. The monoisotopic (exact) mass is 334 g/mol. The highest BCUT2D eigenvalue weighted by molar-refractivity contribution is 9.10. The smallest absolute Gasteiger partial charge is 0.161 e. The van der Waals surface area contributed by atoms with Gasteiger partial charge in [-0.15, -0.1) is 0 Å². The zero-order valence-electron chi connectivity index (χ0n) is 9.84. The van der Waals surface area contributed by atoms with E-state index in [2.05, 4.69) is 33.2 Å². The number of nitrogens with zero attached hydrogens (tertiary/aromatic N) is 1. The van der Waals surface area contributed by atoms with Crippen LogP contribution in [0, 0.1) is 11.6 Å². The molecule has 2 nitrogen and oxygen atoms in total. The Hall–Kier alpha value is -0.620. The molecule has 0 aliphatic carbocycles. The highest BCUT2D eigenvalue weighted by atomic mass is 79.9. The molecule has 1 aromatic carbocycles. The van der Waals surface area contributed by atoms with Gasteiger partial charge in [0.25, 0.3) is 0 Å². The van der Waals surface area contributed by atoms with Crippen LogP contribution in [0.3, 0.4) is 0 Å². The van der Waals surface area contributed by atoms with Gasteiger partial charge in [0, 0.05) is 16.3 Å². The van der Waals surface area contributed by atoms with Gasteiger partial charge in [-0.1, -0.05) is 18.7 Å². The number of rotatable bonds is 2. The third kappa shape index (κ3) is 3.23. The summed E-state index contributed by atoms with van der Waals surface area (Å²) < 4.78 is 27.0. The molecule has 98 valence electrons. The van der Waals surface area contributed by atoms with Crippen molar-refractivity contribution in [3.05, 3.63) is 28.2 Å². The van der Waals surface area contributed by atoms with E-state index in [1.165, 1.54) is 6.07 Å². The van der Waals surface area contributed by atoms with E-state index in [4.69, 9.17) is 0 Å². The number of hydrogen-bond donors (Lipinski definition) is 1. The summed E-state index contributed by atoms with van der Waals surface area (Å²) in [6.45, 7) is 2.08. The molecule has 1 heterocycles. The number of thioether (sulfide) groups is 1. The van der Waals surface area contributed by atoms with E-state index in [1.807, 2.05) is 0 Å². The van der Waals surface area contributed by atoms with Gasteiger partial charge in [0.15, 0.2) is 11.0 Å². The number of hydrogen-bond acceptors (Lipinski definition) is 3. The molecule has 1 aliphatic heterocycles. The van der Waals surface area contributed by atoms with Gasteiger partial charge in [0.2, 0.25) is 0 Å². The van der Waals surface area contributed by atoms with Crippen molar-refractivity contribution in [3.8, 4) is 0 Å². The maximum atomic E-state index is 13.6. The molecule has 1 aliphatic rings. The molecule has 2 rings (SSSR count). The standard InChI is InChI=1S/C12H13BrF2N2S/c1-2-8-3-4-18-12(16-8)17-11-9(13)5-7(14)6-10(11)15/h5-6,8H,2-4H2,1H3,(H,16,17). The van der Waals surface area contributed by atoms with Crippen molar-refractivity contribution >= 4 is 38.5 Å². The van der Waals surface area contributed by atoms with Crippen molar-refractivity contribution in [2.45, 2.75) is 25.8 Å². The molecule has 1 unspecified atom stereocenters. The summed E-state index contributed by atoms with van der Waals surface area (Å²) in [5.74, 6) is -0.261. The summed E-state index contributed by atoms with van der Waals surface area (Å²) >= 11 is 4.71. The van der Waals surface area contributed by atoms with Crippen LogP contribution < -0.4 is 5.32 Å². The van der Waals surface area contributed by atoms with Crippen LogP contribution in [0.5, 0.6) is 0 Å². The second-order valence-corrected chi connectivity index (χ2v) is 5.94. The lowest BCUT2D eigenvalue weighted by Gasteiger charge is -2.20. The summed E-state index contributed by atoms with van der Waals surface area (Å²) in [6.07, 6.45) is 2.01. The molecule has 0 fully saturated rings. The molecule has 0 aromatic heterocycles. The Kier molecular flexibility index (Phi) is 4.61. The highest BCUT2D eigenvalue weighted by Crippen LogP contribution is 2.29. The van der Waals surface area contributed by atoms with Crippen LogP contribution in [0.25, 0.3) is 0 Å². The molecule has 0 saturated heterocycles. The van der Waals surface area contributed by atoms with Gasteiger partial charge >= 0.3 is 0 Å². The highest BCUT2D eigenvalue weighted by Gasteiger charge is 2.17. The Bertz CT molecular complexity index is 456. The van der Waals surface area contributed by atoms with Crippen LogP contribution in [-0.4, -0.2) is 17.0 Å². The van der Waals surface area contributed by atoms with Crippen LogP contribution >= 0.6 is 27.7 Å². The summed E-state index contributed by atoms with van der Waals surface area (Å²) in [5, 5.41) is 3.63. The Balaban J connectivity index is 2.21. The van der Waals surface area contributed by atoms with Crippen molar-refractivity contribution < 1.29 is 8.78 Å². The van der Waals surface area contributed by atoms with Gasteiger partial charge in [-0.25, -0.2) is 8.78 Å². The molecule has 0 spiro atoms. The van der Waals surface area contributed by atoms with E-state index in [-0.39, 0.29) is 11.7 Å². The maximum absolute atomic E-state index is 13.6. The first kappa shape index (κ1) is 13.8. The molecule has 1 atom stereocenters. The van der Waals surface area contributed by atoms with E-state index < -0.39 is 11.6 Å². The van der Waals surface area contributed by atoms with Gasteiger partial charge in [-0.05, 0) is 34.8 Å². The summed E-state index contributed by atoms with van der Waals surface area (Å²) in [5.41, 5.74) is 0.236. The van der Waals surface area contributed by atoms with Crippen molar-refractivity contribution in [1.82, 2.24) is 0 Å². The molecule has 6 heteroatoms. The fraction of sp³-hybridized carbons (Fsp3) is 0.417. The van der Waals surface area contributed by atoms with E-state index in [0.29, 0.717) is 9.64 Å². The van der Waals surface area contributed by atoms with Crippen LogP contribution in [0.1, 0.15) is 19.8 Å². The Morgan fingerprint density at radius 1 is 1.50 bits per heavy atom. The first-order valence-electron chi connectivity index (χ1n) is 5.72. The predicted octanol–water partition coefficient (Wildman–Crippen LogP) is 4.41. The lowest BCUT2D eigenvalue weighted by molar-refractivity contribution is 0.584. The van der Waals surface area contributed by atoms with Crippen molar-refractivity contribution in [2.75, 3.05) is 11.1 Å². The molecule has 0 radical (unpaired) electrons. The molecular formula is C12H13BrF2N2S. The first-order valence-corrected chi connectivity index (χ1v) is 7.50. The zero-order chi connectivity index (χ0) is 13.1. The molecule has 1 N–H and O–H groups in total. The minimum atomic E-state index is -0.621. The number of nitrogens with one attached hydrogen (secondary N) is 1. The second-order valence-electron chi connectivity index (χ2n) is 4.00. The zero-order valence-corrected chi connectivity index (χ0v) is 12.2. The van der Waals surface area contributed by atoms with Crippen LogP contribution in [-0.2, 0) is 0 Å². The van der Waals surface area contributed by atoms with E-state index in [1.54, 1.807) is 11.8 Å². The van der Waals surface area contributed by atoms with Gasteiger partial charge < -0.3 is 5.32 Å². The van der Waals surface area contributed by atoms with Crippen LogP contribution in [0.2, 0.25) is 0 Å². The molecule has 1 aromatic rings. The quantitative estimate of drug-likeness (QED) is 0.866. The van der Waals surface area contributed by atoms with E-state index in [9.17, 15) is 8.78 Å². The molecule has 18 heavy (non-hydrogen) atoms. The molecular weight excluding hydrogens is 322 g/mol. The SMILES string of the molecule is CCC1CCSC(Nc2c(F)cc(F)cc2Br)=N1. The van der Waals surface area contributed by atoms with Gasteiger partial charge in [0.05, 0.1) is 11.7 Å². The summed E-state index contributed by atoms with van der Waals surface area (Å²) in [4.78, 5) is 4.49. The third-order valence-corrected chi connectivity index (χ3v) is 4.25. The fourth-order valence-electron chi connectivity index (χ4n) is 1.69. The van der Waals surface area contributed by atoms with Gasteiger partial charge in [-0.3, -0.25) is 4.99 Å². The fourth-order valence-corrected chi connectivity index (χ4v) is 3.18. The number of benzene rings is 1. The summed E-state index contributed by atoms with van der Waals surface area (Å²) in [7, 11) is 0. The maximum Gasteiger partial charge on any atom is 0.161 e. The Morgan fingerprint density at radius 3 is 2.94 bits per heavy atom. The minimum Gasteiger partial charge on any atom is -0.332 e. The van der Waals surface area contributed by atoms with E-state index >= 15 is 0 Å². The average molecular weight is 335 g/mol. The predicted molar refractivity (Wildman–Crippen MR) is 76.3 cm³/mol. The molecule has 0 saturated carbocycles. The second kappa shape index (κ2) is 6.02. The molecule has 0 amide bonds. The van der Waals surface area contributed by atoms with Crippen molar-refractivity contribution in [3.63, 3.8) is 0 Å². The largest absolute Gasteiger partial charge is 0.332 e. The number of aliphatic imine (C=N–C) groups is 1. The van der Waals surface area contributed by atoms with Crippen LogP contribution in [0.15, 0.2) is 21.6 Å². The first-order chi connectivity index (χ1) is 8.60. The van der Waals surface area contributed by atoms with E-state index in [0.717, 1.165) is 24.7 Å². The normalized spacial score (nSPS) is 19.6. The number of halogens is 3. The third-order valence-electron chi connectivity index (χ3n) is 2.70. The van der Waals surface area contributed by atoms with Crippen molar-refractivity contribution in [2.24, 2.45) is 4.99 Å². The van der Waals surface area contributed by atoms with Crippen LogP contribution in [0.4, 0.5) is 14.5 Å². The average Bonchev–Trinajstić information content (AvgIpc) is 2.34. The lowest BCUT2D eigenvalue weighted by atomic mass is 10.2. The lowest BCUT2D eigenvalue weighted by Crippen LogP contribution is -2.20. The van der Waals surface area contributed by atoms with Gasteiger partial charge in [-0.2, -0.15) is 0 Å². The Labute approximate surface area is 117 Å². The molecule has 0 bridgehead atoms. The number of anilines is 1.